The van der Waals surface area contributed by atoms with Crippen LogP contribution in [-0.4, -0.2) is 40.7 Å². The summed E-state index contributed by atoms with van der Waals surface area (Å²) in [7, 11) is 0. The van der Waals surface area contributed by atoms with Gasteiger partial charge in [-0.25, -0.2) is 0 Å². The second kappa shape index (κ2) is 6.04. The normalized spacial score (nSPS) is 22.6. The maximum Gasteiger partial charge on any atom is 0.323 e. The summed E-state index contributed by atoms with van der Waals surface area (Å²) in [5, 5.41) is 3.13. The predicted molar refractivity (Wildman–Crippen MR) is 75.7 cm³/mol. The van der Waals surface area contributed by atoms with Crippen LogP contribution in [0.3, 0.4) is 0 Å². The lowest BCUT2D eigenvalue weighted by Gasteiger charge is -2.22. The first-order chi connectivity index (χ1) is 9.13. The van der Waals surface area contributed by atoms with Crippen LogP contribution in [0, 0.1) is 5.92 Å². The van der Waals surface area contributed by atoms with Crippen molar-refractivity contribution >= 4 is 11.9 Å². The number of aromatic nitrogens is 3. The lowest BCUT2D eigenvalue weighted by atomic mass is 10.1. The van der Waals surface area contributed by atoms with Gasteiger partial charge in [-0.1, -0.05) is 6.92 Å². The van der Waals surface area contributed by atoms with E-state index in [2.05, 4.69) is 39.0 Å². The summed E-state index contributed by atoms with van der Waals surface area (Å²) in [4.78, 5) is 15.4. The monoisotopic (exact) mass is 265 g/mol. The molecule has 0 saturated carbocycles. The fourth-order valence-corrected chi connectivity index (χ4v) is 2.48. The first-order valence-electron chi connectivity index (χ1n) is 7.03. The van der Waals surface area contributed by atoms with Crippen LogP contribution in [0.1, 0.15) is 34.1 Å². The molecule has 1 saturated heterocycles. The first kappa shape index (κ1) is 13.8. The van der Waals surface area contributed by atoms with Crippen LogP contribution in [-0.2, 0) is 0 Å². The SMILES string of the molecule is CCNc1nc(OCC)nc(N2CC(C)CC2C)n1. The number of ether oxygens (including phenoxy) is 1. The summed E-state index contributed by atoms with van der Waals surface area (Å²) in [6.07, 6.45) is 1.17. The molecule has 1 aromatic rings. The van der Waals surface area contributed by atoms with Crippen LogP contribution in [0.15, 0.2) is 0 Å². The molecule has 6 nitrogen and oxygen atoms in total. The molecule has 2 rings (SSSR count). The van der Waals surface area contributed by atoms with Gasteiger partial charge in [-0.15, -0.1) is 0 Å². The Balaban J connectivity index is 2.27. The molecule has 1 fully saturated rings. The van der Waals surface area contributed by atoms with Gasteiger partial charge in [0.15, 0.2) is 0 Å². The molecular weight excluding hydrogens is 242 g/mol. The van der Waals surface area contributed by atoms with Gasteiger partial charge in [-0.2, -0.15) is 15.0 Å². The zero-order chi connectivity index (χ0) is 13.8. The number of nitrogens with one attached hydrogen (secondary N) is 1. The molecule has 0 aliphatic carbocycles. The molecule has 0 spiro atoms. The van der Waals surface area contributed by atoms with Crippen LogP contribution in [0.4, 0.5) is 11.9 Å². The first-order valence-corrected chi connectivity index (χ1v) is 7.03. The highest BCUT2D eigenvalue weighted by Crippen LogP contribution is 2.27. The lowest BCUT2D eigenvalue weighted by Crippen LogP contribution is -2.29. The third-order valence-electron chi connectivity index (χ3n) is 3.25. The minimum atomic E-state index is 0.398. The van der Waals surface area contributed by atoms with E-state index in [1.54, 1.807) is 0 Å². The maximum absolute atomic E-state index is 5.43. The molecule has 0 radical (unpaired) electrons. The Hall–Kier alpha value is -1.59. The van der Waals surface area contributed by atoms with Gasteiger partial charge in [-0.05, 0) is 33.1 Å². The number of rotatable bonds is 5. The van der Waals surface area contributed by atoms with Crippen molar-refractivity contribution in [3.63, 3.8) is 0 Å². The van der Waals surface area contributed by atoms with Crippen LogP contribution in [0.2, 0.25) is 0 Å². The summed E-state index contributed by atoms with van der Waals surface area (Å²) < 4.78 is 5.43. The smallest absolute Gasteiger partial charge is 0.323 e. The summed E-state index contributed by atoms with van der Waals surface area (Å²) >= 11 is 0. The van der Waals surface area contributed by atoms with Crippen molar-refractivity contribution in [1.29, 1.82) is 0 Å². The Morgan fingerprint density at radius 3 is 2.63 bits per heavy atom. The van der Waals surface area contributed by atoms with Gasteiger partial charge in [0.1, 0.15) is 0 Å². The van der Waals surface area contributed by atoms with E-state index in [0.29, 0.717) is 36.5 Å². The predicted octanol–water partition coefficient (Wildman–Crippen LogP) is 1.94. The number of nitrogens with zero attached hydrogens (tertiary/aromatic N) is 4. The molecule has 1 aromatic heterocycles. The Labute approximate surface area is 114 Å². The molecule has 2 heterocycles. The van der Waals surface area contributed by atoms with E-state index in [1.165, 1.54) is 6.42 Å². The van der Waals surface area contributed by atoms with Crippen molar-refractivity contribution in [3.8, 4) is 6.01 Å². The van der Waals surface area contributed by atoms with Gasteiger partial charge in [0.05, 0.1) is 6.61 Å². The van der Waals surface area contributed by atoms with Gasteiger partial charge >= 0.3 is 6.01 Å². The van der Waals surface area contributed by atoms with E-state index in [0.717, 1.165) is 13.1 Å². The molecule has 2 unspecified atom stereocenters. The fraction of sp³-hybridized carbons (Fsp3) is 0.769. The quantitative estimate of drug-likeness (QED) is 0.877. The van der Waals surface area contributed by atoms with Crippen molar-refractivity contribution in [2.75, 3.05) is 29.9 Å². The average molecular weight is 265 g/mol. The van der Waals surface area contributed by atoms with Crippen LogP contribution >= 0.6 is 0 Å². The molecule has 19 heavy (non-hydrogen) atoms. The molecule has 1 aliphatic rings. The summed E-state index contributed by atoms with van der Waals surface area (Å²) in [6, 6.07) is 0.858. The number of hydrogen-bond donors (Lipinski definition) is 1. The molecule has 1 aliphatic heterocycles. The molecule has 0 aromatic carbocycles. The number of hydrogen-bond acceptors (Lipinski definition) is 6. The maximum atomic E-state index is 5.43. The van der Waals surface area contributed by atoms with Crippen molar-refractivity contribution in [1.82, 2.24) is 15.0 Å². The molecule has 1 N–H and O–H groups in total. The molecule has 6 heteroatoms. The van der Waals surface area contributed by atoms with E-state index in [4.69, 9.17) is 4.74 Å². The molecule has 2 atom stereocenters. The minimum absolute atomic E-state index is 0.398. The van der Waals surface area contributed by atoms with E-state index < -0.39 is 0 Å². The molecule has 0 amide bonds. The lowest BCUT2D eigenvalue weighted by molar-refractivity contribution is 0.312. The zero-order valence-corrected chi connectivity index (χ0v) is 12.2. The van der Waals surface area contributed by atoms with Crippen molar-refractivity contribution in [2.24, 2.45) is 5.92 Å². The van der Waals surface area contributed by atoms with E-state index in [9.17, 15) is 0 Å². The Bertz CT molecular complexity index is 401. The second-order valence-electron chi connectivity index (χ2n) is 5.05. The van der Waals surface area contributed by atoms with Crippen molar-refractivity contribution < 1.29 is 4.74 Å². The Morgan fingerprint density at radius 1 is 1.26 bits per heavy atom. The minimum Gasteiger partial charge on any atom is -0.464 e. The summed E-state index contributed by atoms with van der Waals surface area (Å²) in [5.74, 6) is 1.97. The summed E-state index contributed by atoms with van der Waals surface area (Å²) in [6.45, 7) is 10.7. The third-order valence-corrected chi connectivity index (χ3v) is 3.25. The molecule has 106 valence electrons. The standard InChI is InChI=1S/C13H23N5O/c1-5-14-11-15-12(17-13(16-11)19-6-2)18-8-9(3)7-10(18)4/h9-10H,5-8H2,1-4H3,(H,14,15,16,17). The van der Waals surface area contributed by atoms with Gasteiger partial charge in [-0.3, -0.25) is 0 Å². The van der Waals surface area contributed by atoms with E-state index >= 15 is 0 Å². The van der Waals surface area contributed by atoms with Crippen LogP contribution < -0.4 is 15.0 Å². The number of anilines is 2. The molecular formula is C13H23N5O. The third kappa shape index (κ3) is 3.24. The fourth-order valence-electron chi connectivity index (χ4n) is 2.48. The van der Waals surface area contributed by atoms with Gasteiger partial charge in [0.2, 0.25) is 11.9 Å². The highest BCUT2D eigenvalue weighted by Gasteiger charge is 2.28. The van der Waals surface area contributed by atoms with Gasteiger partial charge in [0, 0.05) is 19.1 Å². The topological polar surface area (TPSA) is 63.2 Å². The van der Waals surface area contributed by atoms with Crippen LogP contribution in [0.5, 0.6) is 6.01 Å². The highest BCUT2D eigenvalue weighted by atomic mass is 16.5. The molecule has 0 bridgehead atoms. The van der Waals surface area contributed by atoms with Crippen molar-refractivity contribution in [3.05, 3.63) is 0 Å². The Morgan fingerprint density at radius 2 is 2.05 bits per heavy atom. The average Bonchev–Trinajstić information content (AvgIpc) is 2.69. The van der Waals surface area contributed by atoms with Crippen LogP contribution in [0.25, 0.3) is 0 Å². The van der Waals surface area contributed by atoms with Crippen molar-refractivity contribution in [2.45, 2.75) is 40.2 Å². The summed E-state index contributed by atoms with van der Waals surface area (Å²) in [5.41, 5.74) is 0. The van der Waals surface area contributed by atoms with Gasteiger partial charge < -0.3 is 15.0 Å². The van der Waals surface area contributed by atoms with E-state index in [1.807, 2.05) is 13.8 Å². The van der Waals surface area contributed by atoms with Gasteiger partial charge in [0.25, 0.3) is 0 Å². The zero-order valence-electron chi connectivity index (χ0n) is 12.2. The van der Waals surface area contributed by atoms with E-state index in [-0.39, 0.29) is 0 Å². The largest absolute Gasteiger partial charge is 0.464 e. The Kier molecular flexibility index (Phi) is 4.39. The highest BCUT2D eigenvalue weighted by molar-refractivity contribution is 5.40. The second-order valence-corrected chi connectivity index (χ2v) is 5.05.